The molecule has 0 unspecified atom stereocenters. The molecule has 726 valence electrons. The van der Waals surface area contributed by atoms with Crippen molar-refractivity contribution >= 4 is 17.1 Å². The Bertz CT molecular complexity index is 4070. The molecule has 6 heterocycles. The van der Waals surface area contributed by atoms with Gasteiger partial charge in [-0.1, -0.05) is 157 Å². The highest BCUT2D eigenvalue weighted by atomic mass is 19.4. The second-order valence-corrected chi connectivity index (χ2v) is 32.3. The molecule has 14 rings (SSSR count). The van der Waals surface area contributed by atoms with E-state index in [0.717, 1.165) is 107 Å². The number of hydrogen-bond acceptors (Lipinski definition) is 22. The van der Waals surface area contributed by atoms with Gasteiger partial charge in [0.25, 0.3) is 0 Å². The number of hydrogen-bond donors (Lipinski definition) is 15. The first-order chi connectivity index (χ1) is 63.3. The molecule has 0 bridgehead atoms. The van der Waals surface area contributed by atoms with Gasteiger partial charge in [0.2, 0.25) is 0 Å². The lowest BCUT2D eigenvalue weighted by Crippen LogP contribution is -2.42. The van der Waals surface area contributed by atoms with Crippen LogP contribution in [0.1, 0.15) is 116 Å². The van der Waals surface area contributed by atoms with Gasteiger partial charge in [0.1, 0.15) is 0 Å². The fourth-order valence-corrected chi connectivity index (χ4v) is 12.5. The number of pyridine rings is 3. The van der Waals surface area contributed by atoms with Gasteiger partial charge in [-0.2, -0.15) is 13.2 Å². The Hall–Kier alpha value is -9.46. The third-order valence-electron chi connectivity index (χ3n) is 20.7. The van der Waals surface area contributed by atoms with Crippen LogP contribution in [0, 0.1) is 27.7 Å². The van der Waals surface area contributed by atoms with Crippen molar-refractivity contribution in [1.82, 2.24) is 98.4 Å². The smallest absolute Gasteiger partial charge is 0.388 e. The van der Waals surface area contributed by atoms with Crippen LogP contribution >= 0.6 is 0 Å². The van der Waals surface area contributed by atoms with Gasteiger partial charge in [-0.3, -0.25) is 15.0 Å². The number of para-hydroxylation sites is 1. The number of alkyl halides is 3. The number of likely N-dealkylation sites (N-methyl/N-ethyl adjacent to an activating group) is 3. The van der Waals surface area contributed by atoms with Crippen LogP contribution in [0.5, 0.6) is 0 Å². The molecule has 1 saturated carbocycles. The topological polar surface area (TPSA) is 232 Å². The van der Waals surface area contributed by atoms with E-state index in [-0.39, 0.29) is 0 Å². The molecule has 7 aromatic carbocycles. The lowest BCUT2D eigenvalue weighted by molar-refractivity contribution is -0.137. The van der Waals surface area contributed by atoms with E-state index in [1.807, 2.05) is 152 Å². The minimum Gasteiger partial charge on any atom is -0.388 e. The number of piperazine rings is 2. The average Bonchev–Trinajstić information content (AvgIpc) is 0.881. The van der Waals surface area contributed by atoms with Crippen molar-refractivity contribution in [2.45, 2.75) is 137 Å². The zero-order chi connectivity index (χ0) is 96.8. The maximum Gasteiger partial charge on any atom is 0.416 e. The first-order valence-corrected chi connectivity index (χ1v) is 46.2. The zero-order valence-corrected chi connectivity index (χ0v) is 84.0. The largest absolute Gasteiger partial charge is 0.416 e. The van der Waals surface area contributed by atoms with Crippen molar-refractivity contribution in [3.8, 4) is 0 Å². The predicted molar refractivity (Wildman–Crippen MR) is 557 cm³/mol. The van der Waals surface area contributed by atoms with Crippen molar-refractivity contribution in [3.63, 3.8) is 0 Å². The molecule has 4 fully saturated rings. The SMILES string of the molecule is CN1CCCC1.CN1CCN(C)CC1.CN1CCNCC1.CNC1CCC1.CNCc1ccc(C)c(C)c1.CNCc1ccc(C)cc1.CNCc1ccc(C)cc1.CNCc1ccc(NC)cc1.CNCc1cccc(C(F)(F)F)c1.CNCc1cccc(NC)c1.CNCc1ccccc1NC.CNCc1ccccn1.CNCc1cccnc1.CNCc1ccncc1. The maximum atomic E-state index is 12.2. The Labute approximate surface area is 790 Å². The molecule has 0 atom stereocenters. The van der Waals surface area contributed by atoms with Gasteiger partial charge in [0.05, 0.1) is 11.3 Å². The van der Waals surface area contributed by atoms with E-state index in [2.05, 4.69) is 298 Å². The summed E-state index contributed by atoms with van der Waals surface area (Å²) in [5.74, 6) is 0. The molecule has 15 N–H and O–H groups in total. The van der Waals surface area contributed by atoms with E-state index in [0.29, 0.717) is 12.1 Å². The van der Waals surface area contributed by atoms with E-state index < -0.39 is 11.7 Å². The summed E-state index contributed by atoms with van der Waals surface area (Å²) in [4.78, 5) is 21.4. The van der Waals surface area contributed by atoms with Gasteiger partial charge in [-0.15, -0.1) is 0 Å². The second kappa shape index (κ2) is 79.1. The van der Waals surface area contributed by atoms with Crippen LogP contribution in [0.2, 0.25) is 0 Å². The van der Waals surface area contributed by atoms with Gasteiger partial charge < -0.3 is 99.4 Å². The van der Waals surface area contributed by atoms with E-state index in [9.17, 15) is 13.2 Å². The van der Waals surface area contributed by atoms with Crippen molar-refractivity contribution in [2.75, 3.05) is 208 Å². The van der Waals surface area contributed by atoms with Crippen molar-refractivity contribution in [2.24, 2.45) is 0 Å². The number of nitrogens with one attached hydrogen (secondary N) is 15. The molecular weight excluding hydrogens is 1640 g/mol. The Morgan fingerprint density at radius 2 is 0.748 bits per heavy atom. The first-order valence-electron chi connectivity index (χ1n) is 46.2. The number of aromatic nitrogens is 3. The summed E-state index contributed by atoms with van der Waals surface area (Å²) in [6.45, 7) is 29.6. The molecule has 22 nitrogen and oxygen atoms in total. The molecule has 4 aliphatic rings. The third-order valence-corrected chi connectivity index (χ3v) is 20.7. The summed E-state index contributed by atoms with van der Waals surface area (Å²) in [6, 6.07) is 68.7. The molecule has 3 aromatic heterocycles. The summed E-state index contributed by atoms with van der Waals surface area (Å²) < 4.78 is 36.6. The summed E-state index contributed by atoms with van der Waals surface area (Å²) in [5, 5.41) is 46.4. The number of anilines is 3. The molecule has 0 radical (unpaired) electrons. The van der Waals surface area contributed by atoms with Gasteiger partial charge in [0, 0.05) is 193 Å². The van der Waals surface area contributed by atoms with Crippen molar-refractivity contribution < 1.29 is 13.2 Å². The van der Waals surface area contributed by atoms with E-state index in [1.54, 1.807) is 37.9 Å². The molecule has 131 heavy (non-hydrogen) atoms. The standard InChI is InChI=1S/C10H15N.C9H10F3N.3C9H14N2.2C9H13N.3C7H10N2.C6H14N2.C5H12N2.2C5H11N/c1-8-4-5-10(7-11-3)6-9(8)2;1-13-6-7-3-2-4-8(5-7)9(10,11)12;1-10-7-8-3-5-9(11-2)6-4-8;1-10-7-8-4-3-5-9(6-8)11-2;1-10-7-8-5-3-4-6-9(8)11-2;2*1-8-3-5-9(6-4-8)7-10-2;1-8-6-7-2-4-9-5-3-7;1-8-5-7-3-2-4-9-6-7;1-8-6-7-4-2-3-5-9-7;1-7-3-5-8(2)6-4-7;1-7-4-2-6-3-5-7;1-6-4-2-3-5-6;1-6-5-3-2-4-5/h4-6,11H,7H2,1-3H3;2-5,13H,6H2,1H3;3*3-6,10-11H,7H2,1-2H3;2*3-6,10H,7H2,1-2H3;2-5,8H,6H2,1H3;2-4,6,8H,5H2,1H3;2-5,8H,6H2,1H3;3-6H2,1-2H3;6H,2-5H2,1H3;2-5H2,1H3;5-6H,2-4H2,1H3. The average molecular weight is 1810 g/mol. The Morgan fingerprint density at radius 3 is 1.14 bits per heavy atom. The zero-order valence-electron chi connectivity index (χ0n) is 84.0. The summed E-state index contributed by atoms with van der Waals surface area (Å²) >= 11 is 0. The fourth-order valence-electron chi connectivity index (χ4n) is 12.5. The van der Waals surface area contributed by atoms with E-state index >= 15 is 0 Å². The molecule has 10 aromatic rings. The van der Waals surface area contributed by atoms with E-state index in [1.165, 1.54) is 163 Å². The molecule has 1 aliphatic carbocycles. The maximum absolute atomic E-state index is 12.2. The van der Waals surface area contributed by atoms with Crippen LogP contribution in [0.15, 0.2) is 237 Å². The third kappa shape index (κ3) is 63.3. The van der Waals surface area contributed by atoms with Crippen LogP contribution in [-0.2, 0) is 71.6 Å². The van der Waals surface area contributed by atoms with Gasteiger partial charge in [-0.25, -0.2) is 0 Å². The molecule has 25 heteroatoms. The normalized spacial score (nSPS) is 13.1. The van der Waals surface area contributed by atoms with Gasteiger partial charge in [0.15, 0.2) is 0 Å². The van der Waals surface area contributed by atoms with E-state index in [4.69, 9.17) is 0 Å². The van der Waals surface area contributed by atoms with Gasteiger partial charge in [-0.05, 0) is 300 Å². The number of halogens is 3. The number of likely N-dealkylation sites (tertiary alicyclic amines) is 1. The van der Waals surface area contributed by atoms with Gasteiger partial charge >= 0.3 is 6.18 Å². The monoisotopic (exact) mass is 1810 g/mol. The Balaban J connectivity index is 0.000000708. The molecule has 0 spiro atoms. The van der Waals surface area contributed by atoms with Crippen molar-refractivity contribution in [1.29, 1.82) is 0 Å². The number of rotatable bonds is 24. The van der Waals surface area contributed by atoms with Crippen LogP contribution in [0.3, 0.4) is 0 Å². The lowest BCUT2D eigenvalue weighted by atomic mass is 9.94. The molecule has 0 amide bonds. The first kappa shape index (κ1) is 120. The Morgan fingerprint density at radius 1 is 0.328 bits per heavy atom. The summed E-state index contributed by atoms with van der Waals surface area (Å²) in [6.07, 6.45) is 11.8. The van der Waals surface area contributed by atoms with Crippen LogP contribution < -0.4 is 79.8 Å². The molecular formula is C106H171F3N22. The fraction of sp³-hybridized carbons (Fsp3) is 0.462. The number of benzene rings is 7. The molecule has 3 aliphatic heterocycles. The highest BCUT2D eigenvalue weighted by Gasteiger charge is 2.30. The lowest BCUT2D eigenvalue weighted by Gasteiger charge is -2.28. The highest BCUT2D eigenvalue weighted by molar-refractivity contribution is 5.50. The summed E-state index contributed by atoms with van der Waals surface area (Å²) in [7, 11) is 35.7. The molecule has 3 saturated heterocycles. The predicted octanol–water partition coefficient (Wildman–Crippen LogP) is 15.5. The minimum atomic E-state index is -4.25. The number of nitrogens with zero attached hydrogens (tertiary/aromatic N) is 7. The van der Waals surface area contributed by atoms with Crippen molar-refractivity contribution in [3.05, 3.63) is 321 Å². The number of aryl methyl sites for hydroxylation is 4. The van der Waals surface area contributed by atoms with Crippen LogP contribution in [0.25, 0.3) is 0 Å². The highest BCUT2D eigenvalue weighted by Crippen LogP contribution is 2.29. The second-order valence-electron chi connectivity index (χ2n) is 32.3. The minimum absolute atomic E-state index is 0.448. The van der Waals surface area contributed by atoms with Crippen LogP contribution in [-0.4, -0.2) is 233 Å². The quantitative estimate of drug-likeness (QED) is 0.0270. The Kier molecular flexibility index (Phi) is 72.2. The summed E-state index contributed by atoms with van der Waals surface area (Å²) in [5.41, 5.74) is 20.5. The van der Waals surface area contributed by atoms with Crippen LogP contribution in [0.4, 0.5) is 30.2 Å².